The summed E-state index contributed by atoms with van der Waals surface area (Å²) in [6, 6.07) is 15.9. The second kappa shape index (κ2) is 10.9. The van der Waals surface area contributed by atoms with Gasteiger partial charge in [0.25, 0.3) is 0 Å². The SMILES string of the molecule is CC(C)c1cccc2ccc(-c3c(Cl)cccc3C(O)(CCCNC(=O)O)[C@@H]3CCCNC3)nc12. The van der Waals surface area contributed by atoms with Gasteiger partial charge in [0.05, 0.1) is 21.8 Å². The van der Waals surface area contributed by atoms with E-state index in [2.05, 4.69) is 48.7 Å². The predicted octanol–water partition coefficient (Wildman–Crippen LogP) is 5.91. The summed E-state index contributed by atoms with van der Waals surface area (Å²) in [5, 5.41) is 28.7. The fourth-order valence-electron chi connectivity index (χ4n) is 5.29. The smallest absolute Gasteiger partial charge is 0.404 e. The monoisotopic (exact) mass is 495 g/mol. The molecule has 0 saturated carbocycles. The van der Waals surface area contributed by atoms with Crippen LogP contribution in [-0.2, 0) is 5.60 Å². The first-order chi connectivity index (χ1) is 16.8. The van der Waals surface area contributed by atoms with Gasteiger partial charge in [0.15, 0.2) is 0 Å². The number of para-hydroxylation sites is 1. The van der Waals surface area contributed by atoms with Gasteiger partial charge < -0.3 is 20.8 Å². The minimum absolute atomic E-state index is 0.0232. The number of pyridine rings is 1. The molecule has 1 amide bonds. The average molecular weight is 496 g/mol. The van der Waals surface area contributed by atoms with Crippen LogP contribution < -0.4 is 10.6 Å². The summed E-state index contributed by atoms with van der Waals surface area (Å²) in [5.74, 6) is 0.295. The summed E-state index contributed by atoms with van der Waals surface area (Å²) >= 11 is 6.81. The number of nitrogens with one attached hydrogen (secondary N) is 2. The number of carbonyl (C=O) groups is 1. The van der Waals surface area contributed by atoms with Crippen LogP contribution in [0.4, 0.5) is 4.79 Å². The van der Waals surface area contributed by atoms with Crippen molar-refractivity contribution in [3.8, 4) is 11.3 Å². The van der Waals surface area contributed by atoms with E-state index in [-0.39, 0.29) is 12.5 Å². The lowest BCUT2D eigenvalue weighted by atomic mass is 9.73. The highest BCUT2D eigenvalue weighted by Gasteiger charge is 2.40. The minimum Gasteiger partial charge on any atom is -0.465 e. The Morgan fingerprint density at radius 1 is 1.23 bits per heavy atom. The third-order valence-corrected chi connectivity index (χ3v) is 7.41. The number of carboxylic acid groups (broad SMARTS) is 1. The number of piperidine rings is 1. The van der Waals surface area contributed by atoms with Gasteiger partial charge in [-0.15, -0.1) is 0 Å². The molecule has 1 aliphatic rings. The third-order valence-electron chi connectivity index (χ3n) is 7.09. The van der Waals surface area contributed by atoms with Crippen molar-refractivity contribution in [3.63, 3.8) is 0 Å². The summed E-state index contributed by atoms with van der Waals surface area (Å²) < 4.78 is 0. The molecule has 186 valence electrons. The van der Waals surface area contributed by atoms with Crippen molar-refractivity contribution >= 4 is 28.6 Å². The van der Waals surface area contributed by atoms with Crippen LogP contribution in [0.5, 0.6) is 0 Å². The van der Waals surface area contributed by atoms with E-state index in [4.69, 9.17) is 21.7 Å². The second-order valence-electron chi connectivity index (χ2n) is 9.74. The summed E-state index contributed by atoms with van der Waals surface area (Å²) in [6.45, 7) is 6.21. The number of nitrogens with zero attached hydrogens (tertiary/aromatic N) is 1. The van der Waals surface area contributed by atoms with Gasteiger partial charge in [0.2, 0.25) is 0 Å². The molecule has 2 heterocycles. The number of aliphatic hydroxyl groups is 1. The van der Waals surface area contributed by atoms with Crippen molar-refractivity contribution in [2.45, 2.75) is 51.0 Å². The third kappa shape index (κ3) is 5.45. The lowest BCUT2D eigenvalue weighted by molar-refractivity contribution is -0.0415. The molecule has 0 spiro atoms. The molecule has 3 aromatic rings. The number of hydrogen-bond acceptors (Lipinski definition) is 4. The van der Waals surface area contributed by atoms with Crippen LogP contribution in [0.2, 0.25) is 5.02 Å². The highest BCUT2D eigenvalue weighted by Crippen LogP contribution is 2.44. The zero-order valence-corrected chi connectivity index (χ0v) is 21.1. The number of amides is 1. The quantitative estimate of drug-likeness (QED) is 0.291. The van der Waals surface area contributed by atoms with Gasteiger partial charge in [0, 0.05) is 30.0 Å². The van der Waals surface area contributed by atoms with E-state index in [1.807, 2.05) is 24.3 Å². The van der Waals surface area contributed by atoms with Crippen molar-refractivity contribution in [1.82, 2.24) is 15.6 Å². The zero-order valence-electron chi connectivity index (χ0n) is 20.4. The molecule has 35 heavy (non-hydrogen) atoms. The predicted molar refractivity (Wildman–Crippen MR) is 141 cm³/mol. The summed E-state index contributed by atoms with van der Waals surface area (Å²) in [7, 11) is 0. The van der Waals surface area contributed by atoms with Crippen molar-refractivity contribution < 1.29 is 15.0 Å². The normalized spacial score (nSPS) is 17.9. The van der Waals surface area contributed by atoms with Crippen LogP contribution in [0.25, 0.3) is 22.2 Å². The van der Waals surface area contributed by atoms with E-state index in [1.165, 1.54) is 5.56 Å². The molecule has 2 atom stereocenters. The fraction of sp³-hybridized carbons (Fsp3) is 0.429. The van der Waals surface area contributed by atoms with Gasteiger partial charge in [0.1, 0.15) is 0 Å². The molecule has 0 bridgehead atoms. The molecule has 4 rings (SSSR count). The molecule has 0 radical (unpaired) electrons. The van der Waals surface area contributed by atoms with E-state index < -0.39 is 11.7 Å². The Balaban J connectivity index is 1.82. The van der Waals surface area contributed by atoms with Crippen LogP contribution in [0.3, 0.4) is 0 Å². The molecule has 1 saturated heterocycles. The van der Waals surface area contributed by atoms with E-state index >= 15 is 0 Å². The second-order valence-corrected chi connectivity index (χ2v) is 10.1. The maximum atomic E-state index is 12.3. The minimum atomic E-state index is -1.18. The number of hydrogen-bond donors (Lipinski definition) is 4. The van der Waals surface area contributed by atoms with Gasteiger partial charge in [-0.3, -0.25) is 0 Å². The van der Waals surface area contributed by atoms with Crippen molar-refractivity contribution in [1.29, 1.82) is 0 Å². The Morgan fingerprint density at radius 2 is 2.03 bits per heavy atom. The number of halogens is 1. The number of aromatic nitrogens is 1. The van der Waals surface area contributed by atoms with Crippen LogP contribution in [-0.4, -0.2) is 40.9 Å². The Kier molecular flexibility index (Phi) is 7.95. The average Bonchev–Trinajstić information content (AvgIpc) is 2.86. The zero-order chi connectivity index (χ0) is 25.0. The van der Waals surface area contributed by atoms with Crippen LogP contribution >= 0.6 is 11.6 Å². The van der Waals surface area contributed by atoms with Crippen molar-refractivity contribution in [2.24, 2.45) is 5.92 Å². The lowest BCUT2D eigenvalue weighted by Crippen LogP contribution is -2.45. The molecule has 1 aromatic heterocycles. The van der Waals surface area contributed by atoms with E-state index in [0.717, 1.165) is 47.1 Å². The maximum Gasteiger partial charge on any atom is 0.404 e. The first kappa shape index (κ1) is 25.4. The molecule has 4 N–H and O–H groups in total. The Hall–Kier alpha value is -2.67. The fourth-order valence-corrected chi connectivity index (χ4v) is 5.56. The molecule has 1 aliphatic heterocycles. The van der Waals surface area contributed by atoms with Gasteiger partial charge in [-0.2, -0.15) is 0 Å². The highest BCUT2D eigenvalue weighted by atomic mass is 35.5. The van der Waals surface area contributed by atoms with E-state index in [9.17, 15) is 9.90 Å². The number of fused-ring (bicyclic) bond motifs is 1. The van der Waals surface area contributed by atoms with Gasteiger partial charge in [-0.1, -0.05) is 61.8 Å². The van der Waals surface area contributed by atoms with Crippen molar-refractivity contribution in [3.05, 3.63) is 64.7 Å². The maximum absolute atomic E-state index is 12.3. The first-order valence-electron chi connectivity index (χ1n) is 12.4. The van der Waals surface area contributed by atoms with Crippen LogP contribution in [0.1, 0.15) is 56.6 Å². The van der Waals surface area contributed by atoms with E-state index in [1.54, 1.807) is 0 Å². The van der Waals surface area contributed by atoms with Gasteiger partial charge in [-0.05, 0) is 61.4 Å². The summed E-state index contributed by atoms with van der Waals surface area (Å²) in [6.07, 6.45) is 1.72. The van der Waals surface area contributed by atoms with Crippen LogP contribution in [0, 0.1) is 5.92 Å². The number of benzene rings is 2. The van der Waals surface area contributed by atoms with Crippen molar-refractivity contribution in [2.75, 3.05) is 19.6 Å². The summed E-state index contributed by atoms with van der Waals surface area (Å²) in [4.78, 5) is 16.0. The standard InChI is InChI=1S/C28H34ClN3O3/c1-18(2)21-9-3-7-19-12-13-24(32-26(19)21)25-22(10-4-11-23(25)29)28(35,14-6-16-31-27(33)34)20-8-5-15-30-17-20/h3-4,7,9-13,18,20,30-31,35H,5-6,8,14-17H2,1-2H3,(H,33,34)/t20-,28?/m1/s1. The molecule has 1 fully saturated rings. The Labute approximate surface area is 211 Å². The van der Waals surface area contributed by atoms with Gasteiger partial charge >= 0.3 is 6.09 Å². The Morgan fingerprint density at radius 3 is 2.74 bits per heavy atom. The molecule has 0 aliphatic carbocycles. The Bertz CT molecular complexity index is 1190. The van der Waals surface area contributed by atoms with Gasteiger partial charge in [-0.25, -0.2) is 9.78 Å². The summed E-state index contributed by atoms with van der Waals surface area (Å²) in [5.41, 5.74) is 3.17. The molecule has 1 unspecified atom stereocenters. The molecule has 7 heteroatoms. The largest absolute Gasteiger partial charge is 0.465 e. The molecule has 6 nitrogen and oxygen atoms in total. The molecule has 2 aromatic carbocycles. The first-order valence-corrected chi connectivity index (χ1v) is 12.8. The number of rotatable bonds is 8. The lowest BCUT2D eigenvalue weighted by Gasteiger charge is -2.40. The highest BCUT2D eigenvalue weighted by molar-refractivity contribution is 6.33. The molecular weight excluding hydrogens is 462 g/mol. The topological polar surface area (TPSA) is 94.5 Å². The van der Waals surface area contributed by atoms with E-state index in [0.29, 0.717) is 30.3 Å². The molecular formula is C28H34ClN3O3. The van der Waals surface area contributed by atoms with Crippen LogP contribution in [0.15, 0.2) is 48.5 Å².